The van der Waals surface area contributed by atoms with Gasteiger partial charge in [-0.1, -0.05) is 29.4 Å². The Balaban J connectivity index is 1.96. The molecule has 0 aliphatic heterocycles. The van der Waals surface area contributed by atoms with Crippen LogP contribution in [0.15, 0.2) is 51.9 Å². The topological polar surface area (TPSA) is 120 Å². The van der Waals surface area contributed by atoms with E-state index in [1.54, 1.807) is 55.5 Å². The predicted octanol–water partition coefficient (Wildman–Crippen LogP) is 3.93. The van der Waals surface area contributed by atoms with E-state index in [-0.39, 0.29) is 16.6 Å². The van der Waals surface area contributed by atoms with Crippen LogP contribution < -0.4 is 19.5 Å². The number of para-hydroxylation sites is 2. The van der Waals surface area contributed by atoms with Gasteiger partial charge in [0.15, 0.2) is 5.76 Å². The fourth-order valence-corrected chi connectivity index (χ4v) is 4.21. The van der Waals surface area contributed by atoms with Gasteiger partial charge >= 0.3 is 0 Å². The maximum absolute atomic E-state index is 13.1. The van der Waals surface area contributed by atoms with Crippen LogP contribution in [0.2, 0.25) is 0 Å². The fraction of sp³-hybridized carbons (Fsp3) is 0.182. The highest BCUT2D eigenvalue weighted by Gasteiger charge is 2.21. The summed E-state index contributed by atoms with van der Waals surface area (Å²) in [6.45, 7) is 3.09. The molecular formula is C22H23N3O6S. The summed E-state index contributed by atoms with van der Waals surface area (Å²) in [7, 11) is -1.15. The molecule has 168 valence electrons. The molecule has 0 saturated heterocycles. The lowest BCUT2D eigenvalue weighted by atomic mass is 10.2. The first-order chi connectivity index (χ1) is 15.2. The highest BCUT2D eigenvalue weighted by atomic mass is 32.2. The Bertz CT molecular complexity index is 1260. The van der Waals surface area contributed by atoms with E-state index in [1.807, 2.05) is 0 Å². The normalized spacial score (nSPS) is 11.4. The number of nitrogens with zero attached hydrogens (tertiary/aromatic N) is 1. The minimum absolute atomic E-state index is 0.0520. The number of hydrogen-bond acceptors (Lipinski definition) is 7. The summed E-state index contributed by atoms with van der Waals surface area (Å²) >= 11 is 0. The summed E-state index contributed by atoms with van der Waals surface area (Å²) in [6.07, 6.45) is 3.24. The van der Waals surface area contributed by atoms with Crippen molar-refractivity contribution in [3.8, 4) is 11.5 Å². The molecule has 2 aromatic carbocycles. The van der Waals surface area contributed by atoms with Crippen LogP contribution in [0.5, 0.6) is 11.5 Å². The Kier molecular flexibility index (Phi) is 6.84. The van der Waals surface area contributed by atoms with Crippen molar-refractivity contribution >= 4 is 39.5 Å². The second-order valence-corrected chi connectivity index (χ2v) is 8.39. The van der Waals surface area contributed by atoms with Crippen molar-refractivity contribution in [3.63, 3.8) is 0 Å². The molecule has 0 unspecified atom stereocenters. The summed E-state index contributed by atoms with van der Waals surface area (Å²) in [5, 5.41) is 6.52. The van der Waals surface area contributed by atoms with Crippen molar-refractivity contribution in [2.75, 3.05) is 24.3 Å². The van der Waals surface area contributed by atoms with Gasteiger partial charge in [-0.2, -0.15) is 0 Å². The maximum atomic E-state index is 13.1. The van der Waals surface area contributed by atoms with Crippen molar-refractivity contribution in [2.45, 2.75) is 18.7 Å². The Labute approximate surface area is 186 Å². The molecule has 32 heavy (non-hydrogen) atoms. The number of benzene rings is 2. The van der Waals surface area contributed by atoms with E-state index >= 15 is 0 Å². The van der Waals surface area contributed by atoms with Gasteiger partial charge in [0.1, 0.15) is 27.8 Å². The van der Waals surface area contributed by atoms with E-state index in [4.69, 9.17) is 14.0 Å². The second-order valence-electron chi connectivity index (χ2n) is 6.74. The van der Waals surface area contributed by atoms with Gasteiger partial charge in [0.05, 0.1) is 19.9 Å². The number of methoxy groups -OCH3 is 2. The van der Waals surface area contributed by atoms with Gasteiger partial charge in [0.2, 0.25) is 5.91 Å². The molecule has 0 aliphatic carbocycles. The van der Waals surface area contributed by atoms with Gasteiger partial charge in [0, 0.05) is 6.92 Å². The highest BCUT2D eigenvalue weighted by Crippen LogP contribution is 2.31. The number of hydrogen-bond donors (Lipinski definition) is 2. The van der Waals surface area contributed by atoms with E-state index in [0.717, 1.165) is 0 Å². The Hall–Kier alpha value is -3.79. The van der Waals surface area contributed by atoms with Crippen LogP contribution in [0.3, 0.4) is 0 Å². The number of ether oxygens (including phenoxy) is 2. The summed E-state index contributed by atoms with van der Waals surface area (Å²) in [5.41, 5.74) is 1.84. The van der Waals surface area contributed by atoms with E-state index in [9.17, 15) is 13.2 Å². The minimum Gasteiger partial charge on any atom is -0.495 e. The fourth-order valence-electron chi connectivity index (χ4n) is 2.94. The van der Waals surface area contributed by atoms with Crippen molar-refractivity contribution < 1.29 is 27.2 Å². The quantitative estimate of drug-likeness (QED) is 0.526. The zero-order chi connectivity index (χ0) is 23.3. The van der Waals surface area contributed by atoms with E-state index in [1.165, 1.54) is 27.2 Å². The number of sulfonamides is 1. The second kappa shape index (κ2) is 9.56. The third-order valence-corrected chi connectivity index (χ3v) is 5.83. The minimum atomic E-state index is -4.00. The summed E-state index contributed by atoms with van der Waals surface area (Å²) in [5.74, 6) is 0.646. The Morgan fingerprint density at radius 1 is 1.06 bits per heavy atom. The standard InChI is InChI=1S/C22H23N3O6S/c1-14-22(23-15(2)26)20(31-24-14)12-10-16-9-11-19(30-4)21(13-16)32(27,28)25-17-7-5-6-8-18(17)29-3/h5-13,25H,1-4H3,(H,23,26)/b12-10-. The molecule has 3 rings (SSSR count). The summed E-state index contributed by atoms with van der Waals surface area (Å²) in [6, 6.07) is 11.4. The first-order valence-electron chi connectivity index (χ1n) is 9.51. The number of aromatic nitrogens is 1. The molecule has 0 spiro atoms. The average molecular weight is 458 g/mol. The van der Waals surface area contributed by atoms with Gasteiger partial charge in [0.25, 0.3) is 10.0 Å². The largest absolute Gasteiger partial charge is 0.495 e. The van der Waals surface area contributed by atoms with Gasteiger partial charge < -0.3 is 19.3 Å². The predicted molar refractivity (Wildman–Crippen MR) is 121 cm³/mol. The van der Waals surface area contributed by atoms with Crippen molar-refractivity contribution in [3.05, 3.63) is 59.5 Å². The molecule has 1 aromatic heterocycles. The number of carbonyl (C=O) groups excluding carboxylic acids is 1. The summed E-state index contributed by atoms with van der Waals surface area (Å²) < 4.78 is 44.5. The Morgan fingerprint density at radius 2 is 1.78 bits per heavy atom. The number of aryl methyl sites for hydroxylation is 1. The smallest absolute Gasteiger partial charge is 0.265 e. The Morgan fingerprint density at radius 3 is 2.47 bits per heavy atom. The number of nitrogens with one attached hydrogen (secondary N) is 2. The number of amides is 1. The van der Waals surface area contributed by atoms with Gasteiger partial charge in [-0.15, -0.1) is 0 Å². The molecule has 0 saturated carbocycles. The molecule has 0 fully saturated rings. The lowest BCUT2D eigenvalue weighted by molar-refractivity contribution is -0.114. The average Bonchev–Trinajstić information content (AvgIpc) is 3.11. The first-order valence-corrected chi connectivity index (χ1v) is 11.0. The number of rotatable bonds is 8. The number of anilines is 2. The highest BCUT2D eigenvalue weighted by molar-refractivity contribution is 7.92. The van der Waals surface area contributed by atoms with Gasteiger partial charge in [-0.3, -0.25) is 9.52 Å². The van der Waals surface area contributed by atoms with E-state index < -0.39 is 10.0 Å². The zero-order valence-electron chi connectivity index (χ0n) is 18.0. The van der Waals surface area contributed by atoms with Crippen molar-refractivity contribution in [2.24, 2.45) is 0 Å². The molecule has 1 heterocycles. The molecule has 1 amide bonds. The molecule has 0 atom stereocenters. The molecule has 0 bridgehead atoms. The molecule has 0 radical (unpaired) electrons. The molecule has 3 aromatic rings. The van der Waals surface area contributed by atoms with Crippen LogP contribution in [-0.2, 0) is 14.8 Å². The van der Waals surface area contributed by atoms with Gasteiger partial charge in [-0.25, -0.2) is 8.42 Å². The van der Waals surface area contributed by atoms with Crippen LogP contribution in [0.25, 0.3) is 12.2 Å². The third kappa shape index (κ3) is 5.09. The van der Waals surface area contributed by atoms with Crippen LogP contribution >= 0.6 is 0 Å². The van der Waals surface area contributed by atoms with E-state index in [0.29, 0.717) is 34.1 Å². The lowest BCUT2D eigenvalue weighted by Crippen LogP contribution is -2.15. The molecule has 10 heteroatoms. The van der Waals surface area contributed by atoms with Crippen LogP contribution in [0, 0.1) is 6.92 Å². The molecule has 0 aliphatic rings. The number of carbonyl (C=O) groups is 1. The van der Waals surface area contributed by atoms with Crippen LogP contribution in [0.4, 0.5) is 11.4 Å². The van der Waals surface area contributed by atoms with Crippen molar-refractivity contribution in [1.29, 1.82) is 0 Å². The van der Waals surface area contributed by atoms with E-state index in [2.05, 4.69) is 15.2 Å². The molecule has 9 nitrogen and oxygen atoms in total. The first kappa shape index (κ1) is 22.9. The van der Waals surface area contributed by atoms with Crippen LogP contribution in [0.1, 0.15) is 23.9 Å². The summed E-state index contributed by atoms with van der Waals surface area (Å²) in [4.78, 5) is 11.4. The van der Waals surface area contributed by atoms with Crippen LogP contribution in [-0.4, -0.2) is 33.7 Å². The zero-order valence-corrected chi connectivity index (χ0v) is 18.8. The monoisotopic (exact) mass is 457 g/mol. The molecule has 2 N–H and O–H groups in total. The molecular weight excluding hydrogens is 434 g/mol. The SMILES string of the molecule is COc1ccccc1NS(=O)(=O)c1cc(/C=C\c2onc(C)c2NC(C)=O)ccc1OC. The maximum Gasteiger partial charge on any atom is 0.265 e. The van der Waals surface area contributed by atoms with Gasteiger partial charge in [-0.05, 0) is 42.8 Å². The lowest BCUT2D eigenvalue weighted by Gasteiger charge is -2.14. The van der Waals surface area contributed by atoms with Crippen molar-refractivity contribution in [1.82, 2.24) is 5.16 Å². The third-order valence-electron chi connectivity index (χ3n) is 4.45.